The molecule has 29 heavy (non-hydrogen) atoms. The molecule has 2 aromatic rings. The number of hydrogen-bond donors (Lipinski definition) is 1. The van der Waals surface area contributed by atoms with E-state index in [0.29, 0.717) is 27.9 Å². The number of hydrogen-bond acceptors (Lipinski definition) is 4. The number of fused-ring (bicyclic) bond motifs is 1. The van der Waals surface area contributed by atoms with E-state index >= 15 is 0 Å². The van der Waals surface area contributed by atoms with E-state index in [0.717, 1.165) is 0 Å². The summed E-state index contributed by atoms with van der Waals surface area (Å²) in [6, 6.07) is 12.4. The molecular weight excluding hydrogens is 392 g/mol. The molecule has 0 unspecified atom stereocenters. The van der Waals surface area contributed by atoms with Gasteiger partial charge in [-0.2, -0.15) is 0 Å². The van der Waals surface area contributed by atoms with Crippen LogP contribution in [0.15, 0.2) is 42.5 Å². The smallest absolute Gasteiger partial charge is 0.270 e. The highest BCUT2D eigenvalue weighted by Crippen LogP contribution is 2.39. The minimum absolute atomic E-state index is 0.0116. The van der Waals surface area contributed by atoms with E-state index in [2.05, 4.69) is 5.32 Å². The molecule has 1 aliphatic heterocycles. The summed E-state index contributed by atoms with van der Waals surface area (Å²) in [7, 11) is 0. The van der Waals surface area contributed by atoms with Gasteiger partial charge in [-0.1, -0.05) is 23.7 Å². The van der Waals surface area contributed by atoms with Crippen molar-refractivity contribution in [2.45, 2.75) is 45.8 Å². The van der Waals surface area contributed by atoms with E-state index in [9.17, 15) is 9.59 Å². The first kappa shape index (κ1) is 21.0. The number of carbonyl (C=O) groups excluding carboxylic acids is 2. The standard InChI is InChI=1S/C22H25ClN2O4/c1-14(2)28-18-8-6-5-7-16(18)24-20(26)11-12-25-17-13-15(23)9-10-19(17)29-22(3,4)21(25)27/h5-10,13-14H,11-12H2,1-4H3,(H,24,26). The average molecular weight is 417 g/mol. The minimum atomic E-state index is -1.02. The Morgan fingerprint density at radius 1 is 1.24 bits per heavy atom. The molecule has 2 amide bonds. The van der Waals surface area contributed by atoms with Crippen LogP contribution in [0.5, 0.6) is 11.5 Å². The van der Waals surface area contributed by atoms with Crippen molar-refractivity contribution >= 4 is 34.8 Å². The van der Waals surface area contributed by atoms with Crippen LogP contribution in [0.4, 0.5) is 11.4 Å². The second-order valence-corrected chi connectivity index (χ2v) is 8.08. The lowest BCUT2D eigenvalue weighted by molar-refractivity contribution is -0.132. The second-order valence-electron chi connectivity index (χ2n) is 7.64. The van der Waals surface area contributed by atoms with Gasteiger partial charge >= 0.3 is 0 Å². The zero-order valence-electron chi connectivity index (χ0n) is 17.0. The van der Waals surface area contributed by atoms with Crippen LogP contribution in [0.1, 0.15) is 34.1 Å². The fourth-order valence-corrected chi connectivity index (χ4v) is 3.28. The second kappa shape index (κ2) is 8.33. The molecule has 3 rings (SSSR count). The van der Waals surface area contributed by atoms with E-state index in [1.807, 2.05) is 32.0 Å². The number of nitrogens with one attached hydrogen (secondary N) is 1. The number of para-hydroxylation sites is 2. The molecule has 1 N–H and O–H groups in total. The summed E-state index contributed by atoms with van der Waals surface area (Å²) in [5, 5.41) is 3.36. The van der Waals surface area contributed by atoms with Crippen molar-refractivity contribution in [1.29, 1.82) is 0 Å². The zero-order valence-corrected chi connectivity index (χ0v) is 17.7. The predicted molar refractivity (Wildman–Crippen MR) is 114 cm³/mol. The number of amides is 2. The Labute approximate surface area is 175 Å². The van der Waals surface area contributed by atoms with Gasteiger partial charge in [0.15, 0.2) is 5.60 Å². The van der Waals surface area contributed by atoms with Crippen LogP contribution in [0.2, 0.25) is 5.02 Å². The Bertz CT molecular complexity index is 927. The van der Waals surface area contributed by atoms with Crippen LogP contribution in [0, 0.1) is 0 Å². The lowest BCUT2D eigenvalue weighted by Crippen LogP contribution is -2.53. The molecule has 0 saturated heterocycles. The third-order valence-electron chi connectivity index (χ3n) is 4.42. The van der Waals surface area contributed by atoms with Crippen molar-refractivity contribution in [2.24, 2.45) is 0 Å². The first-order chi connectivity index (χ1) is 13.7. The van der Waals surface area contributed by atoms with Crippen LogP contribution >= 0.6 is 11.6 Å². The van der Waals surface area contributed by atoms with Gasteiger partial charge in [-0.05, 0) is 58.0 Å². The molecule has 0 aromatic heterocycles. The van der Waals surface area contributed by atoms with Gasteiger partial charge in [0, 0.05) is 18.0 Å². The first-order valence-corrected chi connectivity index (χ1v) is 9.91. The predicted octanol–water partition coefficient (Wildman–Crippen LogP) is 4.66. The number of ether oxygens (including phenoxy) is 2. The van der Waals surface area contributed by atoms with Crippen LogP contribution in [0.25, 0.3) is 0 Å². The molecule has 0 fully saturated rings. The summed E-state index contributed by atoms with van der Waals surface area (Å²) >= 11 is 6.10. The number of benzene rings is 2. The number of halogens is 1. The van der Waals surface area contributed by atoms with Crippen LogP contribution in [-0.2, 0) is 9.59 Å². The molecule has 2 aromatic carbocycles. The fraction of sp³-hybridized carbons (Fsp3) is 0.364. The van der Waals surface area contributed by atoms with E-state index in [1.165, 1.54) is 0 Å². The summed E-state index contributed by atoms with van der Waals surface area (Å²) in [4.78, 5) is 27.0. The Morgan fingerprint density at radius 2 is 1.97 bits per heavy atom. The first-order valence-electron chi connectivity index (χ1n) is 9.53. The summed E-state index contributed by atoms with van der Waals surface area (Å²) in [6.07, 6.45) is 0.103. The van der Waals surface area contributed by atoms with Crippen molar-refractivity contribution < 1.29 is 19.1 Å². The Balaban J connectivity index is 1.73. The summed E-state index contributed by atoms with van der Waals surface area (Å²) < 4.78 is 11.5. The van der Waals surface area contributed by atoms with Gasteiger partial charge < -0.3 is 19.7 Å². The highest BCUT2D eigenvalue weighted by atomic mass is 35.5. The van der Waals surface area contributed by atoms with Gasteiger partial charge in [-0.3, -0.25) is 9.59 Å². The zero-order chi connectivity index (χ0) is 21.2. The molecule has 154 valence electrons. The van der Waals surface area contributed by atoms with Crippen LogP contribution < -0.4 is 19.7 Å². The molecule has 0 radical (unpaired) electrons. The van der Waals surface area contributed by atoms with E-state index in [1.54, 1.807) is 43.0 Å². The molecule has 0 aliphatic carbocycles. The lowest BCUT2D eigenvalue weighted by Gasteiger charge is -2.38. The monoisotopic (exact) mass is 416 g/mol. The van der Waals surface area contributed by atoms with Gasteiger partial charge in [-0.25, -0.2) is 0 Å². The Kier molecular flexibility index (Phi) is 6.03. The molecular formula is C22H25ClN2O4. The lowest BCUT2D eigenvalue weighted by atomic mass is 10.0. The number of carbonyl (C=O) groups is 2. The van der Waals surface area contributed by atoms with Gasteiger partial charge in [0.25, 0.3) is 5.91 Å². The summed E-state index contributed by atoms with van der Waals surface area (Å²) in [5.41, 5.74) is 0.149. The SMILES string of the molecule is CC(C)Oc1ccccc1NC(=O)CCN1C(=O)C(C)(C)Oc2ccc(Cl)cc21. The number of nitrogens with zero attached hydrogens (tertiary/aromatic N) is 1. The van der Waals surface area contributed by atoms with Gasteiger partial charge in [0.1, 0.15) is 11.5 Å². The van der Waals surface area contributed by atoms with Crippen LogP contribution in [0.3, 0.4) is 0 Å². The third kappa shape index (κ3) is 4.82. The third-order valence-corrected chi connectivity index (χ3v) is 4.66. The van der Waals surface area contributed by atoms with E-state index < -0.39 is 5.60 Å². The van der Waals surface area contributed by atoms with E-state index in [-0.39, 0.29) is 30.9 Å². The van der Waals surface area contributed by atoms with Crippen molar-refractivity contribution in [1.82, 2.24) is 0 Å². The van der Waals surface area contributed by atoms with Crippen molar-refractivity contribution in [3.8, 4) is 11.5 Å². The quantitative estimate of drug-likeness (QED) is 0.743. The van der Waals surface area contributed by atoms with Crippen molar-refractivity contribution in [3.63, 3.8) is 0 Å². The summed E-state index contributed by atoms with van der Waals surface area (Å²) in [5.74, 6) is 0.737. The molecule has 6 nitrogen and oxygen atoms in total. The summed E-state index contributed by atoms with van der Waals surface area (Å²) in [6.45, 7) is 7.47. The number of anilines is 2. The Hall–Kier alpha value is -2.73. The van der Waals surface area contributed by atoms with Crippen molar-refractivity contribution in [2.75, 3.05) is 16.8 Å². The van der Waals surface area contributed by atoms with Gasteiger partial charge in [-0.15, -0.1) is 0 Å². The highest BCUT2D eigenvalue weighted by Gasteiger charge is 2.40. The highest BCUT2D eigenvalue weighted by molar-refractivity contribution is 6.31. The number of rotatable bonds is 6. The Morgan fingerprint density at radius 3 is 2.69 bits per heavy atom. The normalized spacial score (nSPS) is 15.0. The topological polar surface area (TPSA) is 67.9 Å². The van der Waals surface area contributed by atoms with Crippen LogP contribution in [-0.4, -0.2) is 30.1 Å². The molecule has 0 atom stereocenters. The molecule has 7 heteroatoms. The van der Waals surface area contributed by atoms with Gasteiger partial charge in [0.2, 0.25) is 5.91 Å². The maximum Gasteiger partial charge on any atom is 0.270 e. The molecule has 1 aliphatic rings. The molecule has 0 spiro atoms. The molecule has 0 saturated carbocycles. The minimum Gasteiger partial charge on any atom is -0.489 e. The fourth-order valence-electron chi connectivity index (χ4n) is 3.12. The average Bonchev–Trinajstić information content (AvgIpc) is 2.64. The van der Waals surface area contributed by atoms with Gasteiger partial charge in [0.05, 0.1) is 17.5 Å². The maximum atomic E-state index is 12.9. The van der Waals surface area contributed by atoms with Crippen molar-refractivity contribution in [3.05, 3.63) is 47.5 Å². The molecule has 0 bridgehead atoms. The maximum absolute atomic E-state index is 12.9. The van der Waals surface area contributed by atoms with E-state index in [4.69, 9.17) is 21.1 Å². The molecule has 1 heterocycles. The largest absolute Gasteiger partial charge is 0.489 e.